The van der Waals surface area contributed by atoms with Crippen molar-refractivity contribution in [3.63, 3.8) is 0 Å². The number of primary amides is 1. The van der Waals surface area contributed by atoms with E-state index in [-0.39, 0.29) is 17.7 Å². The van der Waals surface area contributed by atoms with Crippen LogP contribution in [-0.2, 0) is 17.6 Å². The topological polar surface area (TPSA) is 104 Å². The molecule has 1 aliphatic carbocycles. The van der Waals surface area contributed by atoms with Crippen molar-refractivity contribution in [1.29, 1.82) is 0 Å². The summed E-state index contributed by atoms with van der Waals surface area (Å²) in [5, 5.41) is 1.15. The van der Waals surface area contributed by atoms with E-state index < -0.39 is 11.9 Å². The number of hydrogen-bond donors (Lipinski definition) is 1. The Kier molecular flexibility index (Phi) is 5.59. The maximum Gasteiger partial charge on any atom is 0.341 e. The van der Waals surface area contributed by atoms with Gasteiger partial charge < -0.3 is 19.6 Å². The van der Waals surface area contributed by atoms with Gasteiger partial charge in [-0.2, -0.15) is 0 Å². The predicted octanol–water partition coefficient (Wildman–Crippen LogP) is 3.89. The molecule has 3 aromatic rings. The van der Waals surface area contributed by atoms with Crippen LogP contribution in [0.5, 0.6) is 5.75 Å². The van der Waals surface area contributed by atoms with Gasteiger partial charge in [-0.25, -0.2) is 9.79 Å². The second-order valence-corrected chi connectivity index (χ2v) is 8.04. The number of carbonyl (C=O) groups is 2. The lowest BCUT2D eigenvalue weighted by Crippen LogP contribution is -2.21. The van der Waals surface area contributed by atoms with E-state index in [0.29, 0.717) is 27.3 Å². The molecule has 2 aromatic heterocycles. The Morgan fingerprint density at radius 3 is 2.77 bits per heavy atom. The third kappa shape index (κ3) is 3.70. The number of esters is 1. The fourth-order valence-corrected chi connectivity index (χ4v) is 4.88. The van der Waals surface area contributed by atoms with Gasteiger partial charge in [-0.05, 0) is 62.4 Å². The molecule has 0 unspecified atom stereocenters. The van der Waals surface area contributed by atoms with Gasteiger partial charge in [0.15, 0.2) is 0 Å². The Bertz CT molecular complexity index is 1210. The highest BCUT2D eigenvalue weighted by Crippen LogP contribution is 2.40. The molecule has 0 spiro atoms. The van der Waals surface area contributed by atoms with Crippen molar-refractivity contribution in [3.8, 4) is 5.75 Å². The number of hydrogen-bond acceptors (Lipinski definition) is 7. The predicted molar refractivity (Wildman–Crippen MR) is 113 cm³/mol. The maximum atomic E-state index is 12.7. The number of aryl methyl sites for hydroxylation is 1. The zero-order valence-corrected chi connectivity index (χ0v) is 17.6. The van der Waals surface area contributed by atoms with Gasteiger partial charge in [-0.3, -0.25) is 4.79 Å². The summed E-state index contributed by atoms with van der Waals surface area (Å²) < 4.78 is 16.4. The number of amides is 1. The number of benzene rings is 1. The maximum absolute atomic E-state index is 12.7. The van der Waals surface area contributed by atoms with E-state index in [9.17, 15) is 9.59 Å². The third-order valence-electron chi connectivity index (χ3n) is 5.05. The molecule has 1 amide bonds. The van der Waals surface area contributed by atoms with Crippen LogP contribution in [-0.4, -0.2) is 25.6 Å². The van der Waals surface area contributed by atoms with Crippen LogP contribution in [0, 0.1) is 0 Å². The number of ether oxygens (including phenoxy) is 2. The van der Waals surface area contributed by atoms with Gasteiger partial charge in [0, 0.05) is 10.3 Å². The van der Waals surface area contributed by atoms with Crippen LogP contribution in [0.15, 0.2) is 33.7 Å². The SMILES string of the molecule is CCOC(=O)c1c(N=c2oc3ccc(OC)cc3cc2C(N)=O)sc2c1CCCC2. The molecule has 7 nitrogen and oxygen atoms in total. The summed E-state index contributed by atoms with van der Waals surface area (Å²) in [6.07, 6.45) is 3.81. The molecule has 0 saturated heterocycles. The first-order valence-electron chi connectivity index (χ1n) is 9.80. The Hall–Kier alpha value is -3.13. The van der Waals surface area contributed by atoms with Crippen molar-refractivity contribution in [1.82, 2.24) is 0 Å². The number of carbonyl (C=O) groups excluding carboxylic acids is 2. The molecule has 8 heteroatoms. The lowest BCUT2D eigenvalue weighted by atomic mass is 9.95. The van der Waals surface area contributed by atoms with Crippen molar-refractivity contribution in [2.24, 2.45) is 10.7 Å². The molecular weight excluding hydrogens is 404 g/mol. The number of thiophene rings is 1. The van der Waals surface area contributed by atoms with Crippen LogP contribution in [0.25, 0.3) is 11.0 Å². The molecule has 4 rings (SSSR count). The Morgan fingerprint density at radius 1 is 1.23 bits per heavy atom. The first kappa shape index (κ1) is 20.2. The second-order valence-electron chi connectivity index (χ2n) is 6.96. The zero-order valence-electron chi connectivity index (χ0n) is 16.8. The van der Waals surface area contributed by atoms with E-state index in [0.717, 1.165) is 36.1 Å². The summed E-state index contributed by atoms with van der Waals surface area (Å²) in [7, 11) is 1.56. The van der Waals surface area contributed by atoms with Gasteiger partial charge in [0.25, 0.3) is 5.91 Å². The monoisotopic (exact) mass is 426 g/mol. The van der Waals surface area contributed by atoms with Gasteiger partial charge >= 0.3 is 5.97 Å². The molecule has 0 atom stereocenters. The summed E-state index contributed by atoms with van der Waals surface area (Å²) in [5.74, 6) is -0.434. The van der Waals surface area contributed by atoms with Crippen molar-refractivity contribution >= 4 is 39.2 Å². The summed E-state index contributed by atoms with van der Waals surface area (Å²) in [6.45, 7) is 2.04. The number of fused-ring (bicyclic) bond motifs is 2. The fraction of sp³-hybridized carbons (Fsp3) is 0.318. The van der Waals surface area contributed by atoms with Gasteiger partial charge in [0.2, 0.25) is 5.55 Å². The average molecular weight is 426 g/mol. The third-order valence-corrected chi connectivity index (χ3v) is 6.24. The highest BCUT2D eigenvalue weighted by atomic mass is 32.1. The molecule has 156 valence electrons. The highest BCUT2D eigenvalue weighted by Gasteiger charge is 2.26. The molecule has 0 radical (unpaired) electrons. The van der Waals surface area contributed by atoms with Crippen LogP contribution in [0.1, 0.15) is 50.9 Å². The van der Waals surface area contributed by atoms with E-state index in [4.69, 9.17) is 19.6 Å². The molecule has 0 saturated carbocycles. The average Bonchev–Trinajstić information content (AvgIpc) is 3.10. The zero-order chi connectivity index (χ0) is 21.3. The highest BCUT2D eigenvalue weighted by molar-refractivity contribution is 7.16. The normalized spacial score (nSPS) is 13.9. The lowest BCUT2D eigenvalue weighted by Gasteiger charge is -2.11. The lowest BCUT2D eigenvalue weighted by molar-refractivity contribution is 0.0526. The van der Waals surface area contributed by atoms with Gasteiger partial charge in [0.1, 0.15) is 21.9 Å². The van der Waals surface area contributed by atoms with Gasteiger partial charge in [0.05, 0.1) is 19.3 Å². The molecule has 0 fully saturated rings. The first-order chi connectivity index (χ1) is 14.5. The Morgan fingerprint density at radius 2 is 2.03 bits per heavy atom. The minimum atomic E-state index is -0.666. The standard InChI is InChI=1S/C22H22N2O5S/c1-3-28-22(26)18-14-6-4-5-7-17(14)30-21(18)24-20-15(19(23)25)11-12-10-13(27-2)8-9-16(12)29-20/h8-11H,3-7H2,1-2H3,(H2,23,25). The molecule has 2 heterocycles. The summed E-state index contributed by atoms with van der Waals surface area (Å²) >= 11 is 1.44. The minimum absolute atomic E-state index is 0.0734. The molecule has 30 heavy (non-hydrogen) atoms. The largest absolute Gasteiger partial charge is 0.497 e. The molecule has 0 bridgehead atoms. The number of nitrogens with zero attached hydrogens (tertiary/aromatic N) is 1. The number of methoxy groups -OCH3 is 1. The fourth-order valence-electron chi connectivity index (χ4n) is 3.63. The second kappa shape index (κ2) is 8.31. The van der Waals surface area contributed by atoms with E-state index in [1.807, 2.05) is 0 Å². The van der Waals surface area contributed by atoms with Crippen LogP contribution >= 0.6 is 11.3 Å². The van der Waals surface area contributed by atoms with Gasteiger partial charge in [-0.15, -0.1) is 11.3 Å². The molecule has 1 aliphatic rings. The minimum Gasteiger partial charge on any atom is -0.497 e. The van der Waals surface area contributed by atoms with E-state index in [1.165, 1.54) is 11.3 Å². The van der Waals surface area contributed by atoms with Gasteiger partial charge in [-0.1, -0.05) is 0 Å². The molecule has 2 N–H and O–H groups in total. The van der Waals surface area contributed by atoms with Crippen molar-refractivity contribution in [3.05, 3.63) is 51.4 Å². The van der Waals surface area contributed by atoms with Crippen LogP contribution in [0.3, 0.4) is 0 Å². The summed E-state index contributed by atoms with van der Waals surface area (Å²) in [4.78, 5) is 30.5. The number of nitrogens with two attached hydrogens (primary N) is 1. The van der Waals surface area contributed by atoms with E-state index in [1.54, 1.807) is 38.3 Å². The summed E-state index contributed by atoms with van der Waals surface area (Å²) in [5.41, 5.74) is 7.79. The van der Waals surface area contributed by atoms with Crippen LogP contribution in [0.2, 0.25) is 0 Å². The molecule has 0 aliphatic heterocycles. The van der Waals surface area contributed by atoms with Crippen molar-refractivity contribution in [2.75, 3.05) is 13.7 Å². The first-order valence-corrected chi connectivity index (χ1v) is 10.6. The van der Waals surface area contributed by atoms with Crippen molar-refractivity contribution < 1.29 is 23.5 Å². The van der Waals surface area contributed by atoms with Crippen LogP contribution in [0.4, 0.5) is 5.00 Å². The van der Waals surface area contributed by atoms with E-state index in [2.05, 4.69) is 4.99 Å². The van der Waals surface area contributed by atoms with E-state index >= 15 is 0 Å². The Labute approximate surface area is 177 Å². The summed E-state index contributed by atoms with van der Waals surface area (Å²) in [6, 6.07) is 6.88. The quantitative estimate of drug-likeness (QED) is 0.623. The molecular formula is C22H22N2O5S. The van der Waals surface area contributed by atoms with Crippen molar-refractivity contribution in [2.45, 2.75) is 32.6 Å². The number of rotatable bonds is 5. The molecule has 1 aromatic carbocycles. The van der Waals surface area contributed by atoms with Crippen LogP contribution < -0.4 is 16.0 Å². The smallest absolute Gasteiger partial charge is 0.341 e. The Balaban J connectivity index is 1.94.